The summed E-state index contributed by atoms with van der Waals surface area (Å²) in [5.41, 5.74) is 2.42. The number of halogens is 2. The number of hydrogen-bond donors (Lipinski definition) is 0. The molecule has 0 aliphatic carbocycles. The average molecular weight is 227 g/mol. The van der Waals surface area contributed by atoms with Crippen molar-refractivity contribution in [2.24, 2.45) is 0 Å². The molecule has 0 aliphatic heterocycles. The maximum atomic E-state index is 6.05. The van der Waals surface area contributed by atoms with Crippen LogP contribution in [0.5, 0.6) is 0 Å². The summed E-state index contributed by atoms with van der Waals surface area (Å²) in [6.07, 6.45) is 0.859. The van der Waals surface area contributed by atoms with Crippen molar-refractivity contribution in [1.82, 2.24) is 9.97 Å². The topological polar surface area (TPSA) is 25.8 Å². The van der Waals surface area contributed by atoms with Gasteiger partial charge in [0.15, 0.2) is 0 Å². The molecule has 0 aromatic carbocycles. The average Bonchev–Trinajstić information content (AvgIpc) is 2.19. The summed E-state index contributed by atoms with van der Waals surface area (Å²) in [7, 11) is 0. The third-order valence-electron chi connectivity index (χ3n) is 1.99. The van der Waals surface area contributed by atoms with Crippen molar-refractivity contribution in [3.8, 4) is 0 Å². The van der Waals surface area contributed by atoms with E-state index in [1.54, 1.807) is 6.07 Å². The summed E-state index contributed by atoms with van der Waals surface area (Å²) in [5.74, 6) is 0. The summed E-state index contributed by atoms with van der Waals surface area (Å²) in [6, 6.07) is 5.37. The Morgan fingerprint density at radius 1 is 1.21 bits per heavy atom. The first-order chi connectivity index (χ1) is 6.70. The zero-order valence-electron chi connectivity index (χ0n) is 7.59. The van der Waals surface area contributed by atoms with E-state index in [9.17, 15) is 0 Å². The zero-order valence-corrected chi connectivity index (χ0v) is 9.10. The second kappa shape index (κ2) is 3.71. The molecule has 0 aliphatic rings. The highest BCUT2D eigenvalue weighted by Crippen LogP contribution is 2.23. The number of fused-ring (bicyclic) bond motifs is 1. The lowest BCUT2D eigenvalue weighted by Gasteiger charge is -2.02. The first kappa shape index (κ1) is 9.69. The van der Waals surface area contributed by atoms with Crippen LogP contribution < -0.4 is 0 Å². The number of hydrogen-bond acceptors (Lipinski definition) is 2. The Morgan fingerprint density at radius 2 is 2.00 bits per heavy atom. The minimum atomic E-state index is 0.436. The van der Waals surface area contributed by atoms with Crippen molar-refractivity contribution in [3.63, 3.8) is 0 Å². The minimum Gasteiger partial charge on any atom is -0.251 e. The molecule has 0 unspecified atom stereocenters. The molecule has 0 saturated carbocycles. The maximum absolute atomic E-state index is 6.05. The van der Waals surface area contributed by atoms with Crippen LogP contribution in [0.15, 0.2) is 18.2 Å². The van der Waals surface area contributed by atoms with Gasteiger partial charge in [-0.3, -0.25) is 4.98 Å². The van der Waals surface area contributed by atoms with E-state index in [1.165, 1.54) is 0 Å². The number of rotatable bonds is 1. The van der Waals surface area contributed by atoms with E-state index in [1.807, 2.05) is 19.1 Å². The van der Waals surface area contributed by atoms with Crippen molar-refractivity contribution in [2.45, 2.75) is 13.3 Å². The Labute approximate surface area is 91.9 Å². The van der Waals surface area contributed by atoms with Gasteiger partial charge in [0.25, 0.3) is 0 Å². The summed E-state index contributed by atoms with van der Waals surface area (Å²) < 4.78 is 0. The molecule has 0 saturated heterocycles. The van der Waals surface area contributed by atoms with Gasteiger partial charge in [-0.1, -0.05) is 30.1 Å². The van der Waals surface area contributed by atoms with Crippen LogP contribution in [0.1, 0.15) is 12.6 Å². The van der Waals surface area contributed by atoms with Crippen LogP contribution in [0.4, 0.5) is 0 Å². The van der Waals surface area contributed by atoms with Gasteiger partial charge in [0.1, 0.15) is 10.7 Å². The molecule has 2 aromatic rings. The third kappa shape index (κ3) is 1.68. The molecule has 14 heavy (non-hydrogen) atoms. The standard InChI is InChI=1S/C10H8Cl2N2/c1-2-6-5-7(11)10-8(13-6)3-4-9(12)14-10/h3-5H,2H2,1H3. The highest BCUT2D eigenvalue weighted by atomic mass is 35.5. The number of nitrogens with zero attached hydrogens (tertiary/aromatic N) is 2. The van der Waals surface area contributed by atoms with Crippen molar-refractivity contribution >= 4 is 34.2 Å². The van der Waals surface area contributed by atoms with Gasteiger partial charge in [-0.15, -0.1) is 0 Å². The summed E-state index contributed by atoms with van der Waals surface area (Å²) >= 11 is 11.8. The monoisotopic (exact) mass is 226 g/mol. The van der Waals surface area contributed by atoms with Crippen molar-refractivity contribution in [2.75, 3.05) is 0 Å². The van der Waals surface area contributed by atoms with Crippen molar-refractivity contribution in [3.05, 3.63) is 34.1 Å². The summed E-state index contributed by atoms with van der Waals surface area (Å²) in [6.45, 7) is 2.04. The molecule has 72 valence electrons. The SMILES string of the molecule is CCc1cc(Cl)c2nc(Cl)ccc2n1. The number of aromatic nitrogens is 2. The van der Waals surface area contributed by atoms with Gasteiger partial charge in [0.2, 0.25) is 0 Å². The fourth-order valence-electron chi connectivity index (χ4n) is 1.28. The van der Waals surface area contributed by atoms with E-state index in [2.05, 4.69) is 9.97 Å². The highest BCUT2D eigenvalue weighted by molar-refractivity contribution is 6.35. The Balaban J connectivity index is 2.76. The largest absolute Gasteiger partial charge is 0.251 e. The van der Waals surface area contributed by atoms with E-state index in [0.29, 0.717) is 15.7 Å². The molecule has 4 heteroatoms. The van der Waals surface area contributed by atoms with Crippen molar-refractivity contribution in [1.29, 1.82) is 0 Å². The van der Waals surface area contributed by atoms with Gasteiger partial charge < -0.3 is 0 Å². The van der Waals surface area contributed by atoms with Crippen LogP contribution in [-0.4, -0.2) is 9.97 Å². The quantitative estimate of drug-likeness (QED) is 0.696. The fourth-order valence-corrected chi connectivity index (χ4v) is 1.69. The first-order valence-electron chi connectivity index (χ1n) is 4.32. The fraction of sp³-hybridized carbons (Fsp3) is 0.200. The van der Waals surface area contributed by atoms with Crippen LogP contribution in [0, 0.1) is 0 Å². The molecule has 2 nitrogen and oxygen atoms in total. The molecule has 0 amide bonds. The number of pyridine rings is 2. The van der Waals surface area contributed by atoms with Gasteiger partial charge >= 0.3 is 0 Å². The highest BCUT2D eigenvalue weighted by Gasteiger charge is 2.04. The van der Waals surface area contributed by atoms with E-state index < -0.39 is 0 Å². The van der Waals surface area contributed by atoms with Gasteiger partial charge in [-0.25, -0.2) is 4.98 Å². The molecule has 2 rings (SSSR count). The molecular formula is C10H8Cl2N2. The molecule has 0 bridgehead atoms. The predicted octanol–water partition coefficient (Wildman–Crippen LogP) is 3.50. The van der Waals surface area contributed by atoms with E-state index in [4.69, 9.17) is 23.2 Å². The Kier molecular flexibility index (Phi) is 2.57. The zero-order chi connectivity index (χ0) is 10.1. The van der Waals surface area contributed by atoms with Gasteiger partial charge in [-0.05, 0) is 24.6 Å². The maximum Gasteiger partial charge on any atom is 0.129 e. The molecule has 0 atom stereocenters. The molecule has 0 spiro atoms. The molecule has 2 heterocycles. The lowest BCUT2D eigenvalue weighted by Crippen LogP contribution is -1.90. The Hall–Kier alpha value is -0.860. The first-order valence-corrected chi connectivity index (χ1v) is 5.08. The molecule has 0 radical (unpaired) electrons. The lowest BCUT2D eigenvalue weighted by atomic mass is 10.2. The normalized spacial score (nSPS) is 10.8. The van der Waals surface area contributed by atoms with E-state index in [0.717, 1.165) is 17.6 Å². The smallest absolute Gasteiger partial charge is 0.129 e. The summed E-state index contributed by atoms with van der Waals surface area (Å²) in [4.78, 5) is 8.51. The molecule has 0 fully saturated rings. The van der Waals surface area contributed by atoms with Gasteiger partial charge in [0, 0.05) is 5.69 Å². The van der Waals surface area contributed by atoms with Crippen LogP contribution in [0.3, 0.4) is 0 Å². The van der Waals surface area contributed by atoms with Gasteiger partial charge in [-0.2, -0.15) is 0 Å². The molecular weight excluding hydrogens is 219 g/mol. The molecule has 2 aromatic heterocycles. The lowest BCUT2D eigenvalue weighted by molar-refractivity contribution is 1.05. The predicted molar refractivity (Wildman–Crippen MR) is 58.9 cm³/mol. The van der Waals surface area contributed by atoms with Crippen LogP contribution >= 0.6 is 23.2 Å². The van der Waals surface area contributed by atoms with Crippen LogP contribution in [-0.2, 0) is 6.42 Å². The van der Waals surface area contributed by atoms with E-state index in [-0.39, 0.29) is 0 Å². The third-order valence-corrected chi connectivity index (χ3v) is 2.48. The Bertz CT molecular complexity index is 483. The Morgan fingerprint density at radius 3 is 2.71 bits per heavy atom. The van der Waals surface area contributed by atoms with Crippen LogP contribution in [0.2, 0.25) is 10.2 Å². The number of aryl methyl sites for hydroxylation is 1. The van der Waals surface area contributed by atoms with Gasteiger partial charge in [0.05, 0.1) is 10.5 Å². The van der Waals surface area contributed by atoms with E-state index >= 15 is 0 Å². The van der Waals surface area contributed by atoms with Crippen molar-refractivity contribution < 1.29 is 0 Å². The van der Waals surface area contributed by atoms with Crippen LogP contribution in [0.25, 0.3) is 11.0 Å². The second-order valence-electron chi connectivity index (χ2n) is 2.95. The molecule has 0 N–H and O–H groups in total. The summed E-state index contributed by atoms with van der Waals surface area (Å²) in [5, 5.41) is 1.04. The second-order valence-corrected chi connectivity index (χ2v) is 3.75. The minimum absolute atomic E-state index is 0.436.